The van der Waals surface area contributed by atoms with Gasteiger partial charge in [-0.25, -0.2) is 4.98 Å². The van der Waals surface area contributed by atoms with E-state index < -0.39 is 0 Å². The van der Waals surface area contributed by atoms with Crippen molar-refractivity contribution in [2.45, 2.75) is 19.8 Å². The minimum atomic E-state index is 0.729. The van der Waals surface area contributed by atoms with Crippen molar-refractivity contribution in [3.63, 3.8) is 0 Å². The number of hydrogen-bond donors (Lipinski definition) is 2. The molecular formula is C12H22N4. The molecule has 0 amide bonds. The van der Waals surface area contributed by atoms with Gasteiger partial charge in [0, 0.05) is 12.7 Å². The lowest BCUT2D eigenvalue weighted by Crippen LogP contribution is -2.14. The molecule has 4 heteroatoms. The standard InChI is InChI=1S/C12H22N4/c1-10-8-11(13)12(15-9-10)14-6-4-5-7-16(2)3/h8-9H,4-7,13H2,1-3H3,(H,14,15). The van der Waals surface area contributed by atoms with Crippen LogP contribution in [0.4, 0.5) is 11.5 Å². The Morgan fingerprint density at radius 2 is 2.12 bits per heavy atom. The molecule has 4 nitrogen and oxygen atoms in total. The highest BCUT2D eigenvalue weighted by atomic mass is 15.0. The van der Waals surface area contributed by atoms with E-state index in [0.717, 1.165) is 36.6 Å². The average Bonchev–Trinajstić information content (AvgIpc) is 2.20. The monoisotopic (exact) mass is 222 g/mol. The predicted octanol–water partition coefficient (Wildman–Crippen LogP) is 1.73. The van der Waals surface area contributed by atoms with E-state index >= 15 is 0 Å². The number of nitrogens with one attached hydrogen (secondary N) is 1. The highest BCUT2D eigenvalue weighted by Crippen LogP contribution is 2.15. The maximum atomic E-state index is 5.85. The Morgan fingerprint density at radius 3 is 2.75 bits per heavy atom. The fourth-order valence-corrected chi connectivity index (χ4v) is 1.50. The lowest BCUT2D eigenvalue weighted by atomic mass is 10.2. The molecule has 1 aromatic rings. The second-order valence-electron chi connectivity index (χ2n) is 4.39. The van der Waals surface area contributed by atoms with Gasteiger partial charge in [0.1, 0.15) is 5.82 Å². The van der Waals surface area contributed by atoms with Gasteiger partial charge in [0.15, 0.2) is 0 Å². The molecule has 0 spiro atoms. The number of aromatic nitrogens is 1. The van der Waals surface area contributed by atoms with E-state index in [1.807, 2.05) is 19.2 Å². The van der Waals surface area contributed by atoms with Gasteiger partial charge < -0.3 is 16.0 Å². The lowest BCUT2D eigenvalue weighted by Gasteiger charge is -2.11. The van der Waals surface area contributed by atoms with Gasteiger partial charge in [-0.05, 0) is 52.0 Å². The van der Waals surface area contributed by atoms with Gasteiger partial charge in [0.2, 0.25) is 0 Å². The van der Waals surface area contributed by atoms with E-state index in [1.165, 1.54) is 6.42 Å². The quantitative estimate of drug-likeness (QED) is 0.720. The maximum Gasteiger partial charge on any atom is 0.149 e. The summed E-state index contributed by atoms with van der Waals surface area (Å²) >= 11 is 0. The molecule has 0 bridgehead atoms. The minimum absolute atomic E-state index is 0.729. The molecule has 0 fully saturated rings. The normalized spacial score (nSPS) is 10.8. The van der Waals surface area contributed by atoms with Crippen LogP contribution in [0, 0.1) is 6.92 Å². The number of nitrogen functional groups attached to an aromatic ring is 1. The van der Waals surface area contributed by atoms with E-state index in [1.54, 1.807) is 0 Å². The number of anilines is 2. The average molecular weight is 222 g/mol. The van der Waals surface area contributed by atoms with Crippen molar-refractivity contribution in [2.75, 3.05) is 38.2 Å². The molecule has 0 saturated carbocycles. The number of nitrogens with two attached hydrogens (primary N) is 1. The zero-order valence-corrected chi connectivity index (χ0v) is 10.5. The summed E-state index contributed by atoms with van der Waals surface area (Å²) in [5, 5.41) is 3.26. The van der Waals surface area contributed by atoms with Crippen molar-refractivity contribution >= 4 is 11.5 Å². The first-order valence-corrected chi connectivity index (χ1v) is 5.70. The Labute approximate surface area is 97.9 Å². The summed E-state index contributed by atoms with van der Waals surface area (Å²) in [5.41, 5.74) is 7.67. The second kappa shape index (κ2) is 6.33. The molecule has 0 radical (unpaired) electrons. The molecule has 0 aromatic carbocycles. The topological polar surface area (TPSA) is 54.2 Å². The fraction of sp³-hybridized carbons (Fsp3) is 0.583. The molecular weight excluding hydrogens is 200 g/mol. The van der Waals surface area contributed by atoms with Gasteiger partial charge in [-0.1, -0.05) is 0 Å². The minimum Gasteiger partial charge on any atom is -0.396 e. The van der Waals surface area contributed by atoms with Gasteiger partial charge in [0.05, 0.1) is 5.69 Å². The van der Waals surface area contributed by atoms with Gasteiger partial charge in [0.25, 0.3) is 0 Å². The Bertz CT molecular complexity index is 323. The van der Waals surface area contributed by atoms with Crippen molar-refractivity contribution < 1.29 is 0 Å². The van der Waals surface area contributed by atoms with Crippen LogP contribution in [-0.4, -0.2) is 37.1 Å². The van der Waals surface area contributed by atoms with Gasteiger partial charge in [-0.15, -0.1) is 0 Å². The lowest BCUT2D eigenvalue weighted by molar-refractivity contribution is 0.396. The predicted molar refractivity (Wildman–Crippen MR) is 69.7 cm³/mol. The third-order valence-electron chi connectivity index (χ3n) is 2.38. The van der Waals surface area contributed by atoms with Crippen molar-refractivity contribution in [2.24, 2.45) is 0 Å². The summed E-state index contributed by atoms with van der Waals surface area (Å²) < 4.78 is 0. The molecule has 3 N–H and O–H groups in total. The van der Waals surface area contributed by atoms with Crippen LogP contribution in [0.25, 0.3) is 0 Å². The van der Waals surface area contributed by atoms with E-state index in [9.17, 15) is 0 Å². The molecule has 0 atom stereocenters. The molecule has 1 aromatic heterocycles. The third kappa shape index (κ3) is 4.49. The summed E-state index contributed by atoms with van der Waals surface area (Å²) in [6.45, 7) is 4.04. The molecule has 16 heavy (non-hydrogen) atoms. The Morgan fingerprint density at radius 1 is 1.38 bits per heavy atom. The first kappa shape index (κ1) is 12.8. The summed E-state index contributed by atoms with van der Waals surface area (Å²) in [6.07, 6.45) is 4.15. The van der Waals surface area contributed by atoms with E-state index in [0.29, 0.717) is 0 Å². The number of pyridine rings is 1. The third-order valence-corrected chi connectivity index (χ3v) is 2.38. The van der Waals surface area contributed by atoms with Crippen LogP contribution < -0.4 is 11.1 Å². The summed E-state index contributed by atoms with van der Waals surface area (Å²) in [4.78, 5) is 6.46. The highest BCUT2D eigenvalue weighted by molar-refractivity contribution is 5.61. The fourth-order valence-electron chi connectivity index (χ4n) is 1.50. The molecule has 0 aliphatic rings. The van der Waals surface area contributed by atoms with Gasteiger partial charge >= 0.3 is 0 Å². The van der Waals surface area contributed by atoms with Crippen LogP contribution >= 0.6 is 0 Å². The molecule has 90 valence electrons. The van der Waals surface area contributed by atoms with Gasteiger partial charge in [-0.2, -0.15) is 0 Å². The van der Waals surface area contributed by atoms with E-state index in [4.69, 9.17) is 5.73 Å². The molecule has 0 saturated heterocycles. The van der Waals surface area contributed by atoms with Crippen molar-refractivity contribution in [3.8, 4) is 0 Å². The number of nitrogens with zero attached hydrogens (tertiary/aromatic N) is 2. The van der Waals surface area contributed by atoms with Crippen molar-refractivity contribution in [1.29, 1.82) is 0 Å². The number of aryl methyl sites for hydroxylation is 1. The van der Waals surface area contributed by atoms with Crippen LogP contribution in [0.5, 0.6) is 0 Å². The number of rotatable bonds is 6. The number of unbranched alkanes of at least 4 members (excludes halogenated alkanes) is 1. The Balaban J connectivity index is 2.27. The molecule has 0 aliphatic carbocycles. The first-order valence-electron chi connectivity index (χ1n) is 5.70. The molecule has 1 heterocycles. The maximum absolute atomic E-state index is 5.85. The summed E-state index contributed by atoms with van der Waals surface area (Å²) in [6, 6.07) is 1.94. The van der Waals surface area contributed by atoms with Crippen LogP contribution in [-0.2, 0) is 0 Å². The van der Waals surface area contributed by atoms with Crippen molar-refractivity contribution in [3.05, 3.63) is 17.8 Å². The highest BCUT2D eigenvalue weighted by Gasteiger charge is 1.99. The smallest absolute Gasteiger partial charge is 0.149 e. The first-order chi connectivity index (χ1) is 7.59. The SMILES string of the molecule is Cc1cnc(NCCCCN(C)C)c(N)c1. The molecule has 0 unspecified atom stereocenters. The molecule has 1 rings (SSSR count). The van der Waals surface area contributed by atoms with Crippen LogP contribution in [0.1, 0.15) is 18.4 Å². The summed E-state index contributed by atoms with van der Waals surface area (Å²) in [5.74, 6) is 0.801. The van der Waals surface area contributed by atoms with Crippen LogP contribution in [0.2, 0.25) is 0 Å². The zero-order chi connectivity index (χ0) is 12.0. The zero-order valence-electron chi connectivity index (χ0n) is 10.5. The van der Waals surface area contributed by atoms with E-state index in [2.05, 4.69) is 29.3 Å². The largest absolute Gasteiger partial charge is 0.396 e. The summed E-state index contributed by atoms with van der Waals surface area (Å²) in [7, 11) is 4.18. The molecule has 0 aliphatic heterocycles. The van der Waals surface area contributed by atoms with Crippen molar-refractivity contribution in [1.82, 2.24) is 9.88 Å². The number of hydrogen-bond acceptors (Lipinski definition) is 4. The van der Waals surface area contributed by atoms with E-state index in [-0.39, 0.29) is 0 Å². The Kier molecular flexibility index (Phi) is 5.05. The van der Waals surface area contributed by atoms with Gasteiger partial charge in [-0.3, -0.25) is 0 Å². The van der Waals surface area contributed by atoms with Crippen LogP contribution in [0.3, 0.4) is 0 Å². The van der Waals surface area contributed by atoms with Crippen LogP contribution in [0.15, 0.2) is 12.3 Å². The second-order valence-corrected chi connectivity index (χ2v) is 4.39. The Hall–Kier alpha value is -1.29.